The van der Waals surface area contributed by atoms with Crippen LogP contribution in [0.3, 0.4) is 0 Å². The van der Waals surface area contributed by atoms with Gasteiger partial charge in [0.1, 0.15) is 11.6 Å². The molecule has 19 heavy (non-hydrogen) atoms. The Morgan fingerprint density at radius 2 is 2.26 bits per heavy atom. The maximum atomic E-state index is 13.3. The van der Waals surface area contributed by atoms with Gasteiger partial charge in [-0.1, -0.05) is 18.2 Å². The van der Waals surface area contributed by atoms with E-state index in [1.54, 1.807) is 30.6 Å². The first-order valence-corrected chi connectivity index (χ1v) is 5.94. The Bertz CT molecular complexity index is 564. The van der Waals surface area contributed by atoms with Gasteiger partial charge in [0, 0.05) is 37.0 Å². The molecule has 0 aliphatic carbocycles. The van der Waals surface area contributed by atoms with E-state index in [0.717, 1.165) is 5.82 Å². The van der Waals surface area contributed by atoms with Gasteiger partial charge in [-0.2, -0.15) is 0 Å². The van der Waals surface area contributed by atoms with Crippen molar-refractivity contribution in [2.45, 2.75) is 6.42 Å². The van der Waals surface area contributed by atoms with E-state index in [1.165, 1.54) is 18.2 Å². The SMILES string of the molecule is O=C(/C=C/c1ccccc1F)NCCc1ncc[nH]1. The Labute approximate surface area is 110 Å². The number of rotatable bonds is 5. The number of carbonyl (C=O) groups excluding carboxylic acids is 1. The molecule has 0 aliphatic heterocycles. The third-order valence-electron chi connectivity index (χ3n) is 2.54. The van der Waals surface area contributed by atoms with Crippen LogP contribution in [0.2, 0.25) is 0 Å². The van der Waals surface area contributed by atoms with E-state index in [4.69, 9.17) is 0 Å². The lowest BCUT2D eigenvalue weighted by atomic mass is 10.2. The molecule has 2 aromatic rings. The lowest BCUT2D eigenvalue weighted by Gasteiger charge is -2.00. The molecule has 0 unspecified atom stereocenters. The van der Waals surface area contributed by atoms with Crippen LogP contribution in [0, 0.1) is 5.82 Å². The minimum absolute atomic E-state index is 0.255. The van der Waals surface area contributed by atoms with Crippen LogP contribution in [-0.2, 0) is 11.2 Å². The zero-order chi connectivity index (χ0) is 13.5. The van der Waals surface area contributed by atoms with Crippen molar-refractivity contribution in [3.63, 3.8) is 0 Å². The second-order valence-electron chi connectivity index (χ2n) is 3.93. The summed E-state index contributed by atoms with van der Waals surface area (Å²) in [4.78, 5) is 18.5. The third-order valence-corrected chi connectivity index (χ3v) is 2.54. The molecule has 0 atom stereocenters. The number of aromatic amines is 1. The van der Waals surface area contributed by atoms with Gasteiger partial charge in [0.05, 0.1) is 0 Å². The second kappa shape index (κ2) is 6.49. The van der Waals surface area contributed by atoms with E-state index in [-0.39, 0.29) is 11.7 Å². The van der Waals surface area contributed by atoms with Gasteiger partial charge in [-0.05, 0) is 12.1 Å². The number of benzene rings is 1. The molecule has 1 amide bonds. The van der Waals surface area contributed by atoms with Crippen LogP contribution < -0.4 is 5.32 Å². The fraction of sp³-hybridized carbons (Fsp3) is 0.143. The molecule has 5 heteroatoms. The highest BCUT2D eigenvalue weighted by molar-refractivity contribution is 5.91. The third kappa shape index (κ3) is 4.06. The van der Waals surface area contributed by atoms with Gasteiger partial charge in [0.25, 0.3) is 0 Å². The average Bonchev–Trinajstić information content (AvgIpc) is 2.91. The van der Waals surface area contributed by atoms with E-state index in [2.05, 4.69) is 15.3 Å². The molecule has 0 fully saturated rings. The molecule has 0 radical (unpaired) electrons. The molecule has 0 spiro atoms. The number of nitrogens with one attached hydrogen (secondary N) is 2. The smallest absolute Gasteiger partial charge is 0.244 e. The number of hydrogen-bond donors (Lipinski definition) is 2. The summed E-state index contributed by atoms with van der Waals surface area (Å²) in [5, 5.41) is 2.70. The predicted molar refractivity (Wildman–Crippen MR) is 70.7 cm³/mol. The number of amides is 1. The number of carbonyl (C=O) groups is 1. The Morgan fingerprint density at radius 1 is 1.42 bits per heavy atom. The molecule has 0 bridgehead atoms. The van der Waals surface area contributed by atoms with Gasteiger partial charge in [0.2, 0.25) is 5.91 Å². The zero-order valence-corrected chi connectivity index (χ0v) is 10.3. The minimum Gasteiger partial charge on any atom is -0.352 e. The van der Waals surface area contributed by atoms with Crippen molar-refractivity contribution in [2.75, 3.05) is 6.54 Å². The van der Waals surface area contributed by atoms with Crippen LogP contribution in [-0.4, -0.2) is 22.4 Å². The number of aromatic nitrogens is 2. The van der Waals surface area contributed by atoms with Gasteiger partial charge in [-0.3, -0.25) is 4.79 Å². The van der Waals surface area contributed by atoms with E-state index in [0.29, 0.717) is 18.5 Å². The zero-order valence-electron chi connectivity index (χ0n) is 10.3. The Morgan fingerprint density at radius 3 is 3.00 bits per heavy atom. The molecule has 98 valence electrons. The van der Waals surface area contributed by atoms with Crippen LogP contribution in [0.15, 0.2) is 42.7 Å². The van der Waals surface area contributed by atoms with Crippen LogP contribution in [0.4, 0.5) is 4.39 Å². The lowest BCUT2D eigenvalue weighted by Crippen LogP contribution is -2.23. The summed E-state index contributed by atoms with van der Waals surface area (Å²) in [6, 6.07) is 6.30. The summed E-state index contributed by atoms with van der Waals surface area (Å²) >= 11 is 0. The Balaban J connectivity index is 1.79. The average molecular weight is 259 g/mol. The van der Waals surface area contributed by atoms with Crippen molar-refractivity contribution in [2.24, 2.45) is 0 Å². The lowest BCUT2D eigenvalue weighted by molar-refractivity contribution is -0.116. The molecule has 1 aromatic heterocycles. The van der Waals surface area contributed by atoms with Crippen molar-refractivity contribution < 1.29 is 9.18 Å². The number of nitrogens with zero attached hydrogens (tertiary/aromatic N) is 1. The molecular weight excluding hydrogens is 245 g/mol. The highest BCUT2D eigenvalue weighted by Crippen LogP contribution is 2.07. The minimum atomic E-state index is -0.345. The highest BCUT2D eigenvalue weighted by atomic mass is 19.1. The largest absolute Gasteiger partial charge is 0.352 e. The Kier molecular flexibility index (Phi) is 4.44. The fourth-order valence-corrected chi connectivity index (χ4v) is 1.57. The first kappa shape index (κ1) is 13.0. The summed E-state index contributed by atoms with van der Waals surface area (Å²) in [6.45, 7) is 0.480. The van der Waals surface area contributed by atoms with Gasteiger partial charge < -0.3 is 10.3 Å². The quantitative estimate of drug-likeness (QED) is 0.806. The molecule has 2 N–H and O–H groups in total. The molecule has 1 heterocycles. The van der Waals surface area contributed by atoms with Crippen LogP contribution in [0.1, 0.15) is 11.4 Å². The van der Waals surface area contributed by atoms with E-state index in [1.807, 2.05) is 0 Å². The van der Waals surface area contributed by atoms with Crippen molar-refractivity contribution in [1.82, 2.24) is 15.3 Å². The molecule has 0 aliphatic rings. The first-order valence-electron chi connectivity index (χ1n) is 5.94. The van der Waals surface area contributed by atoms with Crippen LogP contribution in [0.5, 0.6) is 0 Å². The summed E-state index contributed by atoms with van der Waals surface area (Å²) in [5.74, 6) is 0.218. The number of hydrogen-bond acceptors (Lipinski definition) is 2. The maximum Gasteiger partial charge on any atom is 0.244 e. The molecular formula is C14H14FN3O. The number of imidazole rings is 1. The molecule has 0 saturated heterocycles. The van der Waals surface area contributed by atoms with Crippen molar-refractivity contribution in [1.29, 1.82) is 0 Å². The summed E-state index contributed by atoms with van der Waals surface area (Å²) in [5.41, 5.74) is 0.392. The topological polar surface area (TPSA) is 57.8 Å². The number of halogens is 1. The van der Waals surface area contributed by atoms with Crippen molar-refractivity contribution in [3.8, 4) is 0 Å². The normalized spacial score (nSPS) is 10.8. The standard InChI is InChI=1S/C14H14FN3O/c15-12-4-2-1-3-11(12)5-6-14(19)18-8-7-13-16-9-10-17-13/h1-6,9-10H,7-8H2,(H,16,17)(H,18,19)/b6-5+. The number of H-pyrrole nitrogens is 1. The first-order chi connectivity index (χ1) is 9.25. The highest BCUT2D eigenvalue weighted by Gasteiger charge is 1.99. The molecule has 0 saturated carbocycles. The van der Waals surface area contributed by atoms with E-state index < -0.39 is 0 Å². The van der Waals surface area contributed by atoms with E-state index >= 15 is 0 Å². The summed E-state index contributed by atoms with van der Waals surface area (Å²) < 4.78 is 13.3. The molecule has 1 aromatic carbocycles. The maximum absolute atomic E-state index is 13.3. The van der Waals surface area contributed by atoms with Gasteiger partial charge in [-0.15, -0.1) is 0 Å². The van der Waals surface area contributed by atoms with Crippen molar-refractivity contribution in [3.05, 3.63) is 59.9 Å². The second-order valence-corrected chi connectivity index (χ2v) is 3.93. The predicted octanol–water partition coefficient (Wildman–Crippen LogP) is 1.92. The van der Waals surface area contributed by atoms with Gasteiger partial charge in [0.15, 0.2) is 0 Å². The van der Waals surface area contributed by atoms with Crippen LogP contribution >= 0.6 is 0 Å². The summed E-state index contributed by atoms with van der Waals surface area (Å²) in [6.07, 6.45) is 6.80. The van der Waals surface area contributed by atoms with Crippen molar-refractivity contribution >= 4 is 12.0 Å². The Hall–Kier alpha value is -2.43. The van der Waals surface area contributed by atoms with E-state index in [9.17, 15) is 9.18 Å². The van der Waals surface area contributed by atoms with Gasteiger partial charge in [-0.25, -0.2) is 9.37 Å². The monoisotopic (exact) mass is 259 g/mol. The van der Waals surface area contributed by atoms with Crippen LogP contribution in [0.25, 0.3) is 6.08 Å². The molecule has 2 rings (SSSR count). The molecule has 4 nitrogen and oxygen atoms in total. The van der Waals surface area contributed by atoms with Gasteiger partial charge >= 0.3 is 0 Å². The summed E-state index contributed by atoms with van der Waals surface area (Å²) in [7, 11) is 0. The fourth-order valence-electron chi connectivity index (χ4n) is 1.57.